The van der Waals surface area contributed by atoms with E-state index in [2.05, 4.69) is 13.3 Å². The quantitative estimate of drug-likeness (QED) is 0.435. The fourth-order valence-corrected chi connectivity index (χ4v) is 0.204. The maximum absolute atomic E-state index is 3.64. The van der Waals surface area contributed by atoms with Crippen molar-refractivity contribution in [3.05, 3.63) is 13.3 Å². The number of rotatable bonds is 2. The van der Waals surface area contributed by atoms with E-state index in [1.54, 1.807) is 0 Å². The van der Waals surface area contributed by atoms with Crippen molar-refractivity contribution in [2.24, 2.45) is 0 Å². The Balaban J connectivity index is 2.19. The molecular formula is C5H10+. The number of hydrogen-bond donors (Lipinski definition) is 0. The molecule has 0 aromatic carbocycles. The lowest BCUT2D eigenvalue weighted by molar-refractivity contribution is 0.971. The topological polar surface area (TPSA) is 0 Å². The van der Waals surface area contributed by atoms with Gasteiger partial charge in [0.05, 0.1) is 19.8 Å². The van der Waals surface area contributed by atoms with Gasteiger partial charge in [-0.25, -0.2) is 0 Å². The molecule has 0 fully saturated rings. The van der Waals surface area contributed by atoms with Crippen LogP contribution in [-0.4, -0.2) is 0 Å². The van der Waals surface area contributed by atoms with Crippen molar-refractivity contribution < 1.29 is 0 Å². The maximum atomic E-state index is 3.64. The molecule has 0 heterocycles. The Hall–Kier alpha value is -0.130. The summed E-state index contributed by atoms with van der Waals surface area (Å²) in [6.07, 6.45) is 4.31. The van der Waals surface area contributed by atoms with Gasteiger partial charge in [0, 0.05) is 0 Å². The average Bonchev–Trinajstić information content (AvgIpc) is 1.41. The highest BCUT2D eigenvalue weighted by molar-refractivity contribution is 4.54. The summed E-state index contributed by atoms with van der Waals surface area (Å²) in [4.78, 5) is 0. The molecular weight excluding hydrogens is 60.1 g/mol. The van der Waals surface area contributed by atoms with Crippen LogP contribution in [0.3, 0.4) is 0 Å². The molecule has 0 heteroatoms. The van der Waals surface area contributed by atoms with Crippen LogP contribution >= 0.6 is 0 Å². The van der Waals surface area contributed by atoms with Crippen molar-refractivity contribution in [3.63, 3.8) is 0 Å². The number of unbranched alkanes of at least 4 members (excludes halogenated alkanes) is 2. The van der Waals surface area contributed by atoms with Crippen LogP contribution in [0.1, 0.15) is 19.8 Å². The Kier molecular flexibility index (Phi) is 3.77. The van der Waals surface area contributed by atoms with Gasteiger partial charge in [0.15, 0.2) is 0 Å². The highest BCUT2D eigenvalue weighted by Crippen LogP contribution is 1.86. The lowest BCUT2D eigenvalue weighted by Crippen LogP contribution is -1.61. The normalized spacial score (nSPS) is 7.60. The highest BCUT2D eigenvalue weighted by Gasteiger charge is 1.78. The Morgan fingerprint density at radius 2 is 2.40 bits per heavy atom. The zero-order valence-corrected chi connectivity index (χ0v) is 3.70. The van der Waals surface area contributed by atoms with Crippen LogP contribution in [0.5, 0.6) is 0 Å². The standard InChI is InChI=1S/C5H10/c1-3-5-4-2/h4H,1,3,5H2,2H3/q+1. The Morgan fingerprint density at radius 1 is 1.80 bits per heavy atom. The molecule has 0 rings (SSSR count). The molecule has 29 valence electrons. The molecule has 0 amide bonds. The largest absolute Gasteiger partial charge is 0.0872 e. The van der Waals surface area contributed by atoms with Gasteiger partial charge in [-0.05, 0) is 13.3 Å². The van der Waals surface area contributed by atoms with E-state index in [4.69, 9.17) is 0 Å². The van der Waals surface area contributed by atoms with E-state index in [1.165, 1.54) is 0 Å². The van der Waals surface area contributed by atoms with Crippen LogP contribution in [-0.2, 0) is 0 Å². The van der Waals surface area contributed by atoms with Crippen molar-refractivity contribution in [2.75, 3.05) is 0 Å². The maximum Gasteiger partial charge on any atom is 0.0872 e. The summed E-state index contributed by atoms with van der Waals surface area (Å²) in [5.41, 5.74) is 0. The van der Waals surface area contributed by atoms with Gasteiger partial charge in [-0.2, -0.15) is 0 Å². The second kappa shape index (κ2) is 3.87. The molecule has 0 nitrogen and oxygen atoms in total. The van der Waals surface area contributed by atoms with Crippen molar-refractivity contribution in [1.29, 1.82) is 0 Å². The van der Waals surface area contributed by atoms with Gasteiger partial charge in [0.2, 0.25) is 0 Å². The molecule has 1 radical (unpaired) electrons. The van der Waals surface area contributed by atoms with Gasteiger partial charge in [-0.15, -0.1) is 0 Å². The van der Waals surface area contributed by atoms with E-state index in [0.29, 0.717) is 0 Å². The molecule has 0 aliphatic heterocycles. The zero-order chi connectivity index (χ0) is 4.12. The minimum Gasteiger partial charge on any atom is -0.0491 e. The fraction of sp³-hybridized carbons (Fsp3) is 0.600. The summed E-state index contributed by atoms with van der Waals surface area (Å²) in [6.45, 7) is 5.69. The molecule has 0 aliphatic rings. The van der Waals surface area contributed by atoms with E-state index in [-0.39, 0.29) is 0 Å². The third-order valence-corrected chi connectivity index (χ3v) is 0.493. The molecule has 0 aromatic heterocycles. The summed E-state index contributed by atoms with van der Waals surface area (Å²) >= 11 is 0. The molecule has 0 saturated heterocycles. The van der Waals surface area contributed by atoms with E-state index < -0.39 is 0 Å². The lowest BCUT2D eigenvalue weighted by Gasteiger charge is -1.69. The predicted molar refractivity (Wildman–Crippen MR) is 24.6 cm³/mol. The molecule has 0 atom stereocenters. The van der Waals surface area contributed by atoms with Crippen molar-refractivity contribution in [2.45, 2.75) is 19.8 Å². The summed E-state index contributed by atoms with van der Waals surface area (Å²) in [7, 11) is 0. The van der Waals surface area contributed by atoms with Crippen LogP contribution in [0.15, 0.2) is 0 Å². The van der Waals surface area contributed by atoms with Gasteiger partial charge in [0.1, 0.15) is 0 Å². The van der Waals surface area contributed by atoms with Gasteiger partial charge < -0.3 is 0 Å². The fourth-order valence-electron chi connectivity index (χ4n) is 0.204. The minimum atomic E-state index is 1.04. The highest BCUT2D eigenvalue weighted by atomic mass is 13.7. The molecule has 0 aliphatic carbocycles. The predicted octanol–water partition coefficient (Wildman–Crippen LogP) is 1.82. The smallest absolute Gasteiger partial charge is 0.0491 e. The molecule has 0 aromatic rings. The van der Waals surface area contributed by atoms with E-state index >= 15 is 0 Å². The monoisotopic (exact) mass is 70.1 g/mol. The lowest BCUT2D eigenvalue weighted by atomic mass is 10.3. The van der Waals surface area contributed by atoms with Gasteiger partial charge >= 0.3 is 0 Å². The first kappa shape index (κ1) is 4.87. The van der Waals surface area contributed by atoms with Crippen molar-refractivity contribution in [1.82, 2.24) is 0 Å². The van der Waals surface area contributed by atoms with E-state index in [9.17, 15) is 0 Å². The van der Waals surface area contributed by atoms with Gasteiger partial charge in [-0.1, -0.05) is 0 Å². The average molecular weight is 70.1 g/mol. The molecule has 0 spiro atoms. The van der Waals surface area contributed by atoms with Crippen LogP contribution in [0.2, 0.25) is 0 Å². The first-order chi connectivity index (χ1) is 2.41. The molecule has 0 unspecified atom stereocenters. The Morgan fingerprint density at radius 3 is 2.40 bits per heavy atom. The molecule has 5 heavy (non-hydrogen) atoms. The van der Waals surface area contributed by atoms with Gasteiger partial charge in [0.25, 0.3) is 0 Å². The minimum absolute atomic E-state index is 1.04. The first-order valence-electron chi connectivity index (χ1n) is 1.99. The van der Waals surface area contributed by atoms with E-state index in [1.807, 2.05) is 6.92 Å². The summed E-state index contributed by atoms with van der Waals surface area (Å²) in [6, 6.07) is 0. The Bertz CT molecular complexity index is 7.51. The van der Waals surface area contributed by atoms with Crippen LogP contribution in [0, 0.1) is 13.3 Å². The number of hydrogen-bond acceptors (Lipinski definition) is 0. The summed E-state index contributed by atoms with van der Waals surface area (Å²) in [5, 5.41) is 0. The van der Waals surface area contributed by atoms with Gasteiger partial charge in [-0.3, -0.25) is 0 Å². The third-order valence-electron chi connectivity index (χ3n) is 0.493. The molecule has 0 N–H and O–H groups in total. The van der Waals surface area contributed by atoms with Crippen LogP contribution in [0.25, 0.3) is 0 Å². The second-order valence-corrected chi connectivity index (χ2v) is 1.05. The van der Waals surface area contributed by atoms with Crippen molar-refractivity contribution in [3.8, 4) is 0 Å². The van der Waals surface area contributed by atoms with Crippen molar-refractivity contribution >= 4 is 0 Å². The SMILES string of the molecule is [CH2]CC[CH+]C. The third kappa shape index (κ3) is 3.87. The van der Waals surface area contributed by atoms with Crippen LogP contribution < -0.4 is 0 Å². The zero-order valence-electron chi connectivity index (χ0n) is 3.70. The molecule has 0 saturated carbocycles. The first-order valence-corrected chi connectivity index (χ1v) is 1.99. The Labute approximate surface area is 34.2 Å². The molecule has 0 bridgehead atoms. The second-order valence-electron chi connectivity index (χ2n) is 1.05. The van der Waals surface area contributed by atoms with Crippen LogP contribution in [0.4, 0.5) is 0 Å². The van der Waals surface area contributed by atoms with E-state index in [0.717, 1.165) is 12.8 Å². The summed E-state index contributed by atoms with van der Waals surface area (Å²) < 4.78 is 0. The summed E-state index contributed by atoms with van der Waals surface area (Å²) in [5.74, 6) is 0.